The summed E-state index contributed by atoms with van der Waals surface area (Å²) in [6.07, 6.45) is 0.501. The number of carbonyl (C=O) groups is 1. The van der Waals surface area contributed by atoms with E-state index in [1.165, 1.54) is 0 Å². The van der Waals surface area contributed by atoms with Crippen LogP contribution in [0, 0.1) is 11.8 Å². The Bertz CT molecular complexity index is 390. The molecule has 0 atom stereocenters. The van der Waals surface area contributed by atoms with Gasteiger partial charge in [0.05, 0.1) is 6.54 Å². The molecule has 90 valence electrons. The van der Waals surface area contributed by atoms with Gasteiger partial charge in [0.2, 0.25) is 5.91 Å². The fourth-order valence-corrected chi connectivity index (χ4v) is 1.31. The van der Waals surface area contributed by atoms with E-state index in [1.54, 1.807) is 0 Å². The molecule has 0 aromatic heterocycles. The molecule has 0 aliphatic rings. The van der Waals surface area contributed by atoms with Crippen LogP contribution in [0.25, 0.3) is 0 Å². The van der Waals surface area contributed by atoms with Gasteiger partial charge in [0, 0.05) is 25.1 Å². The number of rotatable bonds is 5. The van der Waals surface area contributed by atoms with Gasteiger partial charge in [-0.05, 0) is 19.1 Å². The lowest BCUT2D eigenvalue weighted by molar-refractivity contribution is -0.120. The molecule has 1 aromatic rings. The molecular formula is C14H18N2O. The zero-order chi connectivity index (χ0) is 12.3. The van der Waals surface area contributed by atoms with Gasteiger partial charge in [-0.2, -0.15) is 0 Å². The number of benzene rings is 1. The maximum absolute atomic E-state index is 11.1. The number of carbonyl (C=O) groups excluding carboxylic acids is 1. The van der Waals surface area contributed by atoms with Crippen molar-refractivity contribution >= 4 is 5.91 Å². The molecule has 0 aliphatic heterocycles. The Balaban J connectivity index is 2.13. The Morgan fingerprint density at radius 1 is 1.29 bits per heavy atom. The van der Waals surface area contributed by atoms with E-state index < -0.39 is 0 Å². The second-order valence-corrected chi connectivity index (χ2v) is 3.55. The van der Waals surface area contributed by atoms with E-state index in [4.69, 9.17) is 0 Å². The smallest absolute Gasteiger partial charge is 0.221 e. The second kappa shape index (κ2) is 8.37. The van der Waals surface area contributed by atoms with Crippen LogP contribution >= 0.6 is 0 Å². The summed E-state index contributed by atoms with van der Waals surface area (Å²) in [5, 5.41) is 5.86. The summed E-state index contributed by atoms with van der Waals surface area (Å²) in [5.41, 5.74) is 1.01. The molecule has 0 spiro atoms. The first-order chi connectivity index (χ1) is 8.33. The Morgan fingerprint density at radius 3 is 2.76 bits per heavy atom. The topological polar surface area (TPSA) is 41.1 Å². The first kappa shape index (κ1) is 13.3. The average Bonchev–Trinajstić information content (AvgIpc) is 2.35. The van der Waals surface area contributed by atoms with Crippen molar-refractivity contribution in [3.63, 3.8) is 0 Å². The largest absolute Gasteiger partial charge is 0.356 e. The zero-order valence-electron chi connectivity index (χ0n) is 10.1. The normalized spacial score (nSPS) is 9.24. The van der Waals surface area contributed by atoms with Crippen LogP contribution < -0.4 is 10.6 Å². The molecule has 0 unspecified atom stereocenters. The van der Waals surface area contributed by atoms with Crippen LogP contribution in [0.1, 0.15) is 18.9 Å². The third kappa shape index (κ3) is 6.39. The van der Waals surface area contributed by atoms with E-state index in [1.807, 2.05) is 37.3 Å². The minimum atomic E-state index is 0.0796. The zero-order valence-corrected chi connectivity index (χ0v) is 10.1. The molecular weight excluding hydrogens is 212 g/mol. The lowest BCUT2D eigenvalue weighted by Gasteiger charge is -2.01. The highest BCUT2D eigenvalue weighted by atomic mass is 16.1. The van der Waals surface area contributed by atoms with Gasteiger partial charge in [-0.15, -0.1) is 0 Å². The van der Waals surface area contributed by atoms with Crippen molar-refractivity contribution in [2.24, 2.45) is 0 Å². The molecule has 1 rings (SSSR count). The summed E-state index contributed by atoms with van der Waals surface area (Å²) in [6, 6.07) is 9.85. The monoisotopic (exact) mass is 230 g/mol. The Morgan fingerprint density at radius 2 is 2.06 bits per heavy atom. The van der Waals surface area contributed by atoms with E-state index in [0.29, 0.717) is 26.1 Å². The van der Waals surface area contributed by atoms with Gasteiger partial charge < -0.3 is 10.6 Å². The van der Waals surface area contributed by atoms with Crippen LogP contribution in [0.15, 0.2) is 30.3 Å². The Kier molecular flexibility index (Phi) is 6.54. The molecule has 3 heteroatoms. The molecule has 0 aliphatic carbocycles. The van der Waals surface area contributed by atoms with Crippen molar-refractivity contribution in [2.75, 3.05) is 19.6 Å². The summed E-state index contributed by atoms with van der Waals surface area (Å²) < 4.78 is 0. The van der Waals surface area contributed by atoms with Crippen molar-refractivity contribution in [1.29, 1.82) is 0 Å². The Hall–Kier alpha value is -1.79. The summed E-state index contributed by atoms with van der Waals surface area (Å²) in [7, 11) is 0. The maximum atomic E-state index is 11.1. The predicted molar refractivity (Wildman–Crippen MR) is 69.5 cm³/mol. The minimum Gasteiger partial charge on any atom is -0.356 e. The molecule has 0 heterocycles. The number of hydrogen-bond donors (Lipinski definition) is 2. The second-order valence-electron chi connectivity index (χ2n) is 3.55. The van der Waals surface area contributed by atoms with Crippen LogP contribution in [0.4, 0.5) is 0 Å². The van der Waals surface area contributed by atoms with Crippen molar-refractivity contribution in [2.45, 2.75) is 13.3 Å². The summed E-state index contributed by atoms with van der Waals surface area (Å²) in [5.74, 6) is 6.14. The third-order valence-corrected chi connectivity index (χ3v) is 2.12. The molecule has 0 bridgehead atoms. The van der Waals surface area contributed by atoms with Gasteiger partial charge in [0.1, 0.15) is 0 Å². The summed E-state index contributed by atoms with van der Waals surface area (Å²) in [6.45, 7) is 3.87. The predicted octanol–water partition coefficient (Wildman–Crippen LogP) is 1.15. The van der Waals surface area contributed by atoms with Gasteiger partial charge in [-0.3, -0.25) is 4.79 Å². The molecule has 1 aromatic carbocycles. The van der Waals surface area contributed by atoms with Crippen LogP contribution in [0.2, 0.25) is 0 Å². The van der Waals surface area contributed by atoms with Crippen LogP contribution in [-0.2, 0) is 4.79 Å². The molecule has 1 amide bonds. The average molecular weight is 230 g/mol. The van der Waals surface area contributed by atoms with Crippen molar-refractivity contribution in [1.82, 2.24) is 10.6 Å². The standard InChI is InChI=1S/C14H18N2O/c1-2-16-14(17)10-12-15-11-6-9-13-7-4-3-5-8-13/h3-5,7-8,15H,2,10-12H2,1H3,(H,16,17). The summed E-state index contributed by atoms with van der Waals surface area (Å²) >= 11 is 0. The molecule has 0 saturated heterocycles. The highest BCUT2D eigenvalue weighted by Crippen LogP contribution is 1.94. The molecule has 0 saturated carbocycles. The van der Waals surface area contributed by atoms with Crippen LogP contribution in [0.3, 0.4) is 0 Å². The molecule has 3 nitrogen and oxygen atoms in total. The molecule has 2 N–H and O–H groups in total. The quantitative estimate of drug-likeness (QED) is 0.588. The third-order valence-electron chi connectivity index (χ3n) is 2.12. The highest BCUT2D eigenvalue weighted by molar-refractivity contribution is 5.75. The van der Waals surface area contributed by atoms with E-state index in [0.717, 1.165) is 5.56 Å². The molecule has 0 radical (unpaired) electrons. The van der Waals surface area contributed by atoms with Gasteiger partial charge in [0.25, 0.3) is 0 Å². The van der Waals surface area contributed by atoms with Gasteiger partial charge in [-0.25, -0.2) is 0 Å². The van der Waals surface area contributed by atoms with Crippen LogP contribution in [-0.4, -0.2) is 25.5 Å². The number of amides is 1. The SMILES string of the molecule is CCNC(=O)CCNCC#Cc1ccccc1. The number of nitrogens with one attached hydrogen (secondary N) is 2. The lowest BCUT2D eigenvalue weighted by Crippen LogP contribution is -2.27. The van der Waals surface area contributed by atoms with E-state index in [-0.39, 0.29) is 5.91 Å². The minimum absolute atomic E-state index is 0.0796. The fraction of sp³-hybridized carbons (Fsp3) is 0.357. The van der Waals surface area contributed by atoms with Crippen molar-refractivity contribution in [3.8, 4) is 11.8 Å². The number of hydrogen-bond acceptors (Lipinski definition) is 2. The summed E-state index contributed by atoms with van der Waals surface area (Å²) in [4.78, 5) is 11.1. The molecule has 0 fully saturated rings. The lowest BCUT2D eigenvalue weighted by atomic mass is 10.2. The van der Waals surface area contributed by atoms with Crippen molar-refractivity contribution in [3.05, 3.63) is 35.9 Å². The van der Waals surface area contributed by atoms with Gasteiger partial charge >= 0.3 is 0 Å². The highest BCUT2D eigenvalue weighted by Gasteiger charge is 1.96. The van der Waals surface area contributed by atoms with E-state index in [2.05, 4.69) is 22.5 Å². The molecule has 17 heavy (non-hydrogen) atoms. The van der Waals surface area contributed by atoms with E-state index >= 15 is 0 Å². The first-order valence-electron chi connectivity index (χ1n) is 5.84. The van der Waals surface area contributed by atoms with Crippen LogP contribution in [0.5, 0.6) is 0 Å². The first-order valence-corrected chi connectivity index (χ1v) is 5.84. The van der Waals surface area contributed by atoms with E-state index in [9.17, 15) is 4.79 Å². The Labute approximate surface area is 103 Å². The maximum Gasteiger partial charge on any atom is 0.221 e. The van der Waals surface area contributed by atoms with Gasteiger partial charge in [-0.1, -0.05) is 30.0 Å². The fourth-order valence-electron chi connectivity index (χ4n) is 1.31. The van der Waals surface area contributed by atoms with Gasteiger partial charge in [0.15, 0.2) is 0 Å². The van der Waals surface area contributed by atoms with Crippen molar-refractivity contribution < 1.29 is 4.79 Å².